The van der Waals surface area contributed by atoms with Crippen LogP contribution in [0.3, 0.4) is 0 Å². The van der Waals surface area contributed by atoms with E-state index in [1.54, 1.807) is 20.3 Å². The number of methoxy groups -OCH3 is 2. The molecule has 2 rings (SSSR count). The highest BCUT2D eigenvalue weighted by Gasteiger charge is 2.08. The van der Waals surface area contributed by atoms with Crippen molar-refractivity contribution in [1.82, 2.24) is 5.32 Å². The van der Waals surface area contributed by atoms with E-state index in [1.807, 2.05) is 43.3 Å². The minimum absolute atomic E-state index is 0.0245. The highest BCUT2D eigenvalue weighted by Crippen LogP contribution is 2.24. The first-order chi connectivity index (χ1) is 11.1. The lowest BCUT2D eigenvalue weighted by Gasteiger charge is -2.12. The first-order valence-electron chi connectivity index (χ1n) is 7.30. The molecule has 2 aromatic rings. The zero-order valence-electron chi connectivity index (χ0n) is 13.6. The fourth-order valence-corrected chi connectivity index (χ4v) is 2.10. The molecule has 0 radical (unpaired) electrons. The summed E-state index contributed by atoms with van der Waals surface area (Å²) in [6.07, 6.45) is 0. The Balaban J connectivity index is 1.88. The van der Waals surface area contributed by atoms with Crippen molar-refractivity contribution < 1.29 is 19.0 Å². The van der Waals surface area contributed by atoms with Gasteiger partial charge in [-0.3, -0.25) is 4.79 Å². The third-order valence-electron chi connectivity index (χ3n) is 3.42. The summed E-state index contributed by atoms with van der Waals surface area (Å²) in [6, 6.07) is 13.1. The number of hydrogen-bond donors (Lipinski definition) is 1. The molecule has 122 valence electrons. The minimum atomic E-state index is -0.189. The molecule has 23 heavy (non-hydrogen) atoms. The Morgan fingerprint density at radius 2 is 1.83 bits per heavy atom. The van der Waals surface area contributed by atoms with E-state index < -0.39 is 0 Å². The van der Waals surface area contributed by atoms with E-state index >= 15 is 0 Å². The number of ether oxygens (including phenoxy) is 3. The predicted octanol–water partition coefficient (Wildman–Crippen LogP) is 2.71. The van der Waals surface area contributed by atoms with Crippen LogP contribution in [0.2, 0.25) is 0 Å². The van der Waals surface area contributed by atoms with Gasteiger partial charge in [-0.25, -0.2) is 0 Å². The maximum atomic E-state index is 11.9. The van der Waals surface area contributed by atoms with Gasteiger partial charge in [0.25, 0.3) is 5.91 Å². The normalized spacial score (nSPS) is 10.0. The van der Waals surface area contributed by atoms with Crippen molar-refractivity contribution in [3.05, 3.63) is 53.6 Å². The number of hydrogen-bond acceptors (Lipinski definition) is 4. The molecule has 1 N–H and O–H groups in total. The first-order valence-corrected chi connectivity index (χ1v) is 7.30. The van der Waals surface area contributed by atoms with Crippen molar-refractivity contribution in [2.75, 3.05) is 20.8 Å². The number of aryl methyl sites for hydroxylation is 1. The molecule has 0 aromatic heterocycles. The summed E-state index contributed by atoms with van der Waals surface area (Å²) in [5.74, 6) is 1.90. The number of carbonyl (C=O) groups is 1. The van der Waals surface area contributed by atoms with Crippen LogP contribution in [-0.4, -0.2) is 26.7 Å². The van der Waals surface area contributed by atoms with Crippen molar-refractivity contribution in [2.45, 2.75) is 13.5 Å². The first kappa shape index (κ1) is 16.7. The van der Waals surface area contributed by atoms with Gasteiger partial charge in [-0.1, -0.05) is 18.2 Å². The summed E-state index contributed by atoms with van der Waals surface area (Å²) < 4.78 is 16.0. The summed E-state index contributed by atoms with van der Waals surface area (Å²) in [7, 11) is 3.18. The average Bonchev–Trinajstić information content (AvgIpc) is 2.59. The van der Waals surface area contributed by atoms with Gasteiger partial charge in [0, 0.05) is 18.2 Å². The molecule has 0 fully saturated rings. The van der Waals surface area contributed by atoms with Crippen molar-refractivity contribution in [1.29, 1.82) is 0 Å². The third kappa shape index (κ3) is 4.64. The van der Waals surface area contributed by atoms with Gasteiger partial charge in [0.2, 0.25) is 0 Å². The number of amides is 1. The van der Waals surface area contributed by atoms with Gasteiger partial charge < -0.3 is 19.5 Å². The summed E-state index contributed by atoms with van der Waals surface area (Å²) in [6.45, 7) is 2.28. The topological polar surface area (TPSA) is 56.8 Å². The summed E-state index contributed by atoms with van der Waals surface area (Å²) in [4.78, 5) is 11.9. The summed E-state index contributed by atoms with van der Waals surface area (Å²) >= 11 is 0. The maximum absolute atomic E-state index is 11.9. The van der Waals surface area contributed by atoms with Crippen LogP contribution in [0.1, 0.15) is 11.1 Å². The van der Waals surface area contributed by atoms with E-state index in [9.17, 15) is 4.79 Å². The number of carbonyl (C=O) groups excluding carboxylic acids is 1. The molecule has 5 heteroatoms. The Labute approximate surface area is 136 Å². The maximum Gasteiger partial charge on any atom is 0.258 e. The Morgan fingerprint density at radius 1 is 1.04 bits per heavy atom. The molecule has 0 saturated carbocycles. The second kappa shape index (κ2) is 8.08. The molecular formula is C18H21NO4. The van der Waals surface area contributed by atoms with Crippen LogP contribution in [0.15, 0.2) is 42.5 Å². The molecule has 0 aliphatic heterocycles. The lowest BCUT2D eigenvalue weighted by atomic mass is 10.2. The van der Waals surface area contributed by atoms with E-state index in [-0.39, 0.29) is 12.5 Å². The number of benzene rings is 2. The molecule has 5 nitrogen and oxygen atoms in total. The predicted molar refractivity (Wildman–Crippen MR) is 88.1 cm³/mol. The molecular weight excluding hydrogens is 294 g/mol. The Kier molecular flexibility index (Phi) is 5.86. The van der Waals surface area contributed by atoms with Crippen molar-refractivity contribution in [3.8, 4) is 17.2 Å². The van der Waals surface area contributed by atoms with Crippen LogP contribution in [0.5, 0.6) is 17.2 Å². The largest absolute Gasteiger partial charge is 0.497 e. The monoisotopic (exact) mass is 315 g/mol. The average molecular weight is 315 g/mol. The minimum Gasteiger partial charge on any atom is -0.497 e. The standard InChI is InChI=1S/C18H21NO4/c1-13-6-4-5-7-16(13)23-12-18(20)19-11-14-8-9-15(21-2)10-17(14)22-3/h4-10H,11-12H2,1-3H3,(H,19,20). The summed E-state index contributed by atoms with van der Waals surface area (Å²) in [5, 5.41) is 2.82. The number of rotatable bonds is 7. The van der Waals surface area contributed by atoms with E-state index in [0.29, 0.717) is 23.8 Å². The van der Waals surface area contributed by atoms with E-state index in [0.717, 1.165) is 11.1 Å². The molecule has 0 atom stereocenters. The lowest BCUT2D eigenvalue weighted by molar-refractivity contribution is -0.123. The van der Waals surface area contributed by atoms with Crippen LogP contribution in [-0.2, 0) is 11.3 Å². The lowest BCUT2D eigenvalue weighted by Crippen LogP contribution is -2.28. The van der Waals surface area contributed by atoms with Crippen LogP contribution >= 0.6 is 0 Å². The van der Waals surface area contributed by atoms with Gasteiger partial charge >= 0.3 is 0 Å². The molecule has 1 amide bonds. The zero-order valence-corrected chi connectivity index (χ0v) is 13.6. The Bertz CT molecular complexity index is 670. The second-order valence-electron chi connectivity index (χ2n) is 5.01. The van der Waals surface area contributed by atoms with Crippen LogP contribution < -0.4 is 19.5 Å². The highest BCUT2D eigenvalue weighted by atomic mass is 16.5. The SMILES string of the molecule is COc1ccc(CNC(=O)COc2ccccc2C)c(OC)c1. The molecule has 0 spiro atoms. The molecule has 0 saturated heterocycles. The summed E-state index contributed by atoms with van der Waals surface area (Å²) in [5.41, 5.74) is 1.87. The van der Waals surface area contributed by atoms with Crippen molar-refractivity contribution >= 4 is 5.91 Å². The zero-order chi connectivity index (χ0) is 16.7. The Morgan fingerprint density at radius 3 is 2.52 bits per heavy atom. The molecule has 2 aromatic carbocycles. The molecule has 0 bridgehead atoms. The van der Waals surface area contributed by atoms with Crippen molar-refractivity contribution in [2.24, 2.45) is 0 Å². The second-order valence-corrected chi connectivity index (χ2v) is 5.01. The van der Waals surface area contributed by atoms with Gasteiger partial charge in [0.05, 0.1) is 14.2 Å². The van der Waals surface area contributed by atoms with Gasteiger partial charge in [-0.15, -0.1) is 0 Å². The van der Waals surface area contributed by atoms with E-state index in [1.165, 1.54) is 0 Å². The highest BCUT2D eigenvalue weighted by molar-refractivity contribution is 5.77. The molecule has 0 unspecified atom stereocenters. The third-order valence-corrected chi connectivity index (χ3v) is 3.42. The van der Waals surface area contributed by atoms with Gasteiger partial charge in [0.15, 0.2) is 6.61 Å². The van der Waals surface area contributed by atoms with E-state index in [2.05, 4.69) is 5.32 Å². The fourth-order valence-electron chi connectivity index (χ4n) is 2.10. The quantitative estimate of drug-likeness (QED) is 0.853. The Hall–Kier alpha value is -2.69. The van der Waals surface area contributed by atoms with Crippen LogP contribution in [0.25, 0.3) is 0 Å². The van der Waals surface area contributed by atoms with Crippen molar-refractivity contribution in [3.63, 3.8) is 0 Å². The smallest absolute Gasteiger partial charge is 0.258 e. The van der Waals surface area contributed by atoms with Gasteiger partial charge in [0.1, 0.15) is 17.2 Å². The van der Waals surface area contributed by atoms with Crippen LogP contribution in [0, 0.1) is 6.92 Å². The number of nitrogens with one attached hydrogen (secondary N) is 1. The fraction of sp³-hybridized carbons (Fsp3) is 0.278. The van der Waals surface area contributed by atoms with Gasteiger partial charge in [-0.2, -0.15) is 0 Å². The number of para-hydroxylation sites is 1. The van der Waals surface area contributed by atoms with Crippen LogP contribution in [0.4, 0.5) is 0 Å². The molecule has 0 aliphatic carbocycles. The van der Waals surface area contributed by atoms with Gasteiger partial charge in [-0.05, 0) is 30.7 Å². The molecule has 0 heterocycles. The van der Waals surface area contributed by atoms with E-state index in [4.69, 9.17) is 14.2 Å². The molecule has 0 aliphatic rings.